The van der Waals surface area contributed by atoms with Gasteiger partial charge >= 0.3 is 0 Å². The number of hydrogen-bond donors (Lipinski definition) is 0. The highest BCUT2D eigenvalue weighted by molar-refractivity contribution is 5.86. The van der Waals surface area contributed by atoms with Gasteiger partial charge in [-0.05, 0) is 25.0 Å². The molecular weight excluding hydrogens is 494 g/mol. The van der Waals surface area contributed by atoms with Gasteiger partial charge in [0.25, 0.3) is 0 Å². The van der Waals surface area contributed by atoms with Gasteiger partial charge in [0.05, 0.1) is 44.0 Å². The number of anilines is 1. The maximum Gasteiger partial charge on any atom is 0.239 e. The largest absolute Gasteiger partial charge is 0.379 e. The van der Waals surface area contributed by atoms with Gasteiger partial charge in [0.15, 0.2) is 17.0 Å². The summed E-state index contributed by atoms with van der Waals surface area (Å²) in [5, 5.41) is 0. The molecule has 39 heavy (non-hydrogen) atoms. The van der Waals surface area contributed by atoms with Crippen LogP contribution in [0.4, 0.5) is 5.82 Å². The van der Waals surface area contributed by atoms with Crippen LogP contribution in [-0.2, 0) is 23.1 Å². The number of rotatable bonds is 6. The number of likely N-dealkylation sites (tertiary alicyclic amines) is 1. The Labute approximate surface area is 227 Å². The van der Waals surface area contributed by atoms with E-state index in [4.69, 9.17) is 29.4 Å². The number of aryl methyl sites for hydroxylation is 1. The standard InChI is InChI=1S/C28H35N9O2/c1-33-23(18-34-16-20(17-34)35-8-12-38-13-9-35)30-24-26(33)31-28(32-27(24)36-10-14-39-15-11-36)37-22-5-3-2-4-21(22)29-25(37)19-6-7-19/h2-5,19-20H,6-18H2,1H3. The molecule has 4 aromatic rings. The maximum atomic E-state index is 5.67. The van der Waals surface area contributed by atoms with Crippen molar-refractivity contribution in [2.45, 2.75) is 31.3 Å². The Bertz CT molecular complexity index is 1510. The molecule has 0 radical (unpaired) electrons. The van der Waals surface area contributed by atoms with Crippen molar-refractivity contribution < 1.29 is 9.47 Å². The number of fused-ring (bicyclic) bond motifs is 2. The Morgan fingerprint density at radius 3 is 2.38 bits per heavy atom. The molecule has 1 aromatic carbocycles. The van der Waals surface area contributed by atoms with Gasteiger partial charge in [-0.2, -0.15) is 9.97 Å². The summed E-state index contributed by atoms with van der Waals surface area (Å²) in [6.07, 6.45) is 2.33. The molecule has 0 amide bonds. The summed E-state index contributed by atoms with van der Waals surface area (Å²) in [7, 11) is 2.09. The van der Waals surface area contributed by atoms with Crippen LogP contribution in [0.2, 0.25) is 0 Å². The average Bonchev–Trinajstić information content (AvgIpc) is 3.67. The minimum absolute atomic E-state index is 0.469. The van der Waals surface area contributed by atoms with Gasteiger partial charge < -0.3 is 18.9 Å². The highest BCUT2D eigenvalue weighted by Crippen LogP contribution is 2.42. The highest BCUT2D eigenvalue weighted by atomic mass is 16.5. The first kappa shape index (κ1) is 23.7. The van der Waals surface area contributed by atoms with Crippen molar-refractivity contribution in [1.82, 2.24) is 38.9 Å². The second-order valence-electron chi connectivity index (χ2n) is 11.3. The average molecular weight is 530 g/mol. The number of ether oxygens (including phenoxy) is 2. The minimum Gasteiger partial charge on any atom is -0.379 e. The van der Waals surface area contributed by atoms with Crippen LogP contribution < -0.4 is 4.90 Å². The predicted octanol–water partition coefficient (Wildman–Crippen LogP) is 1.93. The normalized spacial score (nSPS) is 21.7. The fourth-order valence-corrected chi connectivity index (χ4v) is 6.23. The summed E-state index contributed by atoms with van der Waals surface area (Å²) < 4.78 is 15.6. The molecule has 0 unspecified atom stereocenters. The van der Waals surface area contributed by atoms with Crippen LogP contribution >= 0.6 is 0 Å². The van der Waals surface area contributed by atoms with Crippen LogP contribution in [0.25, 0.3) is 28.1 Å². The second kappa shape index (κ2) is 9.51. The number of benzene rings is 1. The summed E-state index contributed by atoms with van der Waals surface area (Å²) in [5.74, 6) is 4.15. The topological polar surface area (TPSA) is 89.6 Å². The zero-order valence-corrected chi connectivity index (χ0v) is 22.5. The van der Waals surface area contributed by atoms with E-state index < -0.39 is 0 Å². The van der Waals surface area contributed by atoms with Crippen molar-refractivity contribution in [3.8, 4) is 5.95 Å². The van der Waals surface area contributed by atoms with Crippen molar-refractivity contribution in [3.05, 3.63) is 35.9 Å². The van der Waals surface area contributed by atoms with Crippen molar-refractivity contribution in [2.24, 2.45) is 7.05 Å². The molecule has 0 spiro atoms. The van der Waals surface area contributed by atoms with E-state index in [1.165, 1.54) is 12.8 Å². The Morgan fingerprint density at radius 2 is 1.62 bits per heavy atom. The van der Waals surface area contributed by atoms with Crippen molar-refractivity contribution >= 4 is 28.0 Å². The lowest BCUT2D eigenvalue weighted by Crippen LogP contribution is -2.61. The fourth-order valence-electron chi connectivity index (χ4n) is 6.23. The van der Waals surface area contributed by atoms with E-state index in [-0.39, 0.29) is 0 Å². The van der Waals surface area contributed by atoms with E-state index in [0.717, 1.165) is 98.7 Å². The number of para-hydroxylation sites is 2. The Hall–Kier alpha value is -3.12. The number of imidazole rings is 2. The van der Waals surface area contributed by atoms with Crippen molar-refractivity contribution in [1.29, 1.82) is 0 Å². The van der Waals surface area contributed by atoms with Gasteiger partial charge in [-0.1, -0.05) is 12.1 Å². The molecule has 0 bridgehead atoms. The quantitative estimate of drug-likeness (QED) is 0.372. The number of hydrogen-bond acceptors (Lipinski definition) is 9. The van der Waals surface area contributed by atoms with E-state index in [1.54, 1.807) is 0 Å². The van der Waals surface area contributed by atoms with Gasteiger partial charge in [0, 0.05) is 58.3 Å². The number of morpholine rings is 2. The summed E-state index contributed by atoms with van der Waals surface area (Å²) in [6.45, 7) is 9.71. The lowest BCUT2D eigenvalue weighted by Gasteiger charge is -2.46. The van der Waals surface area contributed by atoms with E-state index >= 15 is 0 Å². The van der Waals surface area contributed by atoms with Crippen LogP contribution in [0.15, 0.2) is 24.3 Å². The molecule has 3 aromatic heterocycles. The first-order chi connectivity index (χ1) is 19.2. The highest BCUT2D eigenvalue weighted by Gasteiger charge is 2.34. The molecular formula is C28H35N9O2. The van der Waals surface area contributed by atoms with Crippen molar-refractivity contribution in [2.75, 3.05) is 70.6 Å². The lowest BCUT2D eigenvalue weighted by atomic mass is 10.1. The molecule has 8 rings (SSSR count). The van der Waals surface area contributed by atoms with Gasteiger partial charge in [-0.3, -0.25) is 14.4 Å². The van der Waals surface area contributed by atoms with Crippen LogP contribution in [0.3, 0.4) is 0 Å². The van der Waals surface area contributed by atoms with Gasteiger partial charge in [0.1, 0.15) is 11.6 Å². The predicted molar refractivity (Wildman–Crippen MR) is 147 cm³/mol. The number of nitrogens with zero attached hydrogens (tertiary/aromatic N) is 9. The van der Waals surface area contributed by atoms with Crippen LogP contribution in [0.5, 0.6) is 0 Å². The third kappa shape index (κ3) is 4.19. The summed E-state index contributed by atoms with van der Waals surface area (Å²) >= 11 is 0. The molecule has 3 aliphatic heterocycles. The summed E-state index contributed by atoms with van der Waals surface area (Å²) in [6, 6.07) is 8.94. The third-order valence-corrected chi connectivity index (χ3v) is 8.69. The van der Waals surface area contributed by atoms with Crippen LogP contribution in [-0.4, -0.2) is 111 Å². The molecule has 1 aliphatic carbocycles. The van der Waals surface area contributed by atoms with Crippen molar-refractivity contribution in [3.63, 3.8) is 0 Å². The number of aromatic nitrogens is 6. The minimum atomic E-state index is 0.469. The third-order valence-electron chi connectivity index (χ3n) is 8.69. The Balaban J connectivity index is 1.18. The molecule has 204 valence electrons. The molecule has 11 nitrogen and oxygen atoms in total. The van der Waals surface area contributed by atoms with E-state index in [2.05, 4.69) is 49.1 Å². The molecule has 6 heterocycles. The summed E-state index contributed by atoms with van der Waals surface area (Å²) in [4.78, 5) is 27.9. The molecule has 0 N–H and O–H groups in total. The smallest absolute Gasteiger partial charge is 0.239 e. The molecule has 11 heteroatoms. The first-order valence-electron chi connectivity index (χ1n) is 14.3. The van der Waals surface area contributed by atoms with Crippen LogP contribution in [0, 0.1) is 0 Å². The fraction of sp³-hybridized carbons (Fsp3) is 0.571. The SMILES string of the molecule is Cn1c(CN2CC(N3CCOCC3)C2)nc2c(N3CCOCC3)nc(-n3c(C4CC4)nc4ccccc43)nc21. The second-order valence-corrected chi connectivity index (χ2v) is 11.3. The van der Waals surface area contributed by atoms with E-state index in [1.807, 2.05) is 6.07 Å². The monoisotopic (exact) mass is 529 g/mol. The molecule has 4 aliphatic rings. The molecule has 0 atom stereocenters. The van der Waals surface area contributed by atoms with E-state index in [9.17, 15) is 0 Å². The van der Waals surface area contributed by atoms with Crippen LogP contribution in [0.1, 0.15) is 30.4 Å². The zero-order valence-electron chi connectivity index (χ0n) is 22.5. The zero-order chi connectivity index (χ0) is 25.9. The Morgan fingerprint density at radius 1 is 0.872 bits per heavy atom. The lowest BCUT2D eigenvalue weighted by molar-refractivity contribution is -0.0352. The molecule has 1 saturated carbocycles. The van der Waals surface area contributed by atoms with E-state index in [0.29, 0.717) is 31.1 Å². The molecule has 4 fully saturated rings. The van der Waals surface area contributed by atoms with Gasteiger partial charge in [-0.25, -0.2) is 9.97 Å². The first-order valence-corrected chi connectivity index (χ1v) is 14.3. The maximum absolute atomic E-state index is 5.67. The molecule has 3 saturated heterocycles. The van der Waals surface area contributed by atoms with Gasteiger partial charge in [-0.15, -0.1) is 0 Å². The summed E-state index contributed by atoms with van der Waals surface area (Å²) in [5.41, 5.74) is 3.81. The van der Waals surface area contributed by atoms with Gasteiger partial charge in [0.2, 0.25) is 5.95 Å². The Kier molecular flexibility index (Phi) is 5.79.